The smallest absolute Gasteiger partial charge is 0.307 e. The molecule has 0 saturated heterocycles. The van der Waals surface area contributed by atoms with E-state index < -0.39 is 27.6 Å². The molecule has 1 amide bonds. The van der Waals surface area contributed by atoms with Crippen LogP contribution >= 0.6 is 0 Å². The zero-order chi connectivity index (χ0) is 26.1. The number of rotatable bonds is 6. The van der Waals surface area contributed by atoms with Crippen molar-refractivity contribution in [2.75, 3.05) is 5.32 Å². The van der Waals surface area contributed by atoms with Crippen molar-refractivity contribution in [2.45, 2.75) is 18.0 Å². The van der Waals surface area contributed by atoms with Crippen molar-refractivity contribution in [3.8, 4) is 16.9 Å². The molecule has 0 radical (unpaired) electrons. The van der Waals surface area contributed by atoms with Crippen molar-refractivity contribution in [3.05, 3.63) is 95.9 Å². The summed E-state index contributed by atoms with van der Waals surface area (Å²) in [5, 5.41) is 6.56. The Kier molecular flexibility index (Phi) is 6.46. The van der Waals surface area contributed by atoms with Crippen LogP contribution in [0.5, 0.6) is 0 Å². The van der Waals surface area contributed by atoms with Crippen LogP contribution < -0.4 is 5.32 Å². The number of benzene rings is 1. The van der Waals surface area contributed by atoms with Crippen LogP contribution in [0.15, 0.2) is 89.6 Å². The Bertz CT molecular complexity index is 1550. The van der Waals surface area contributed by atoms with Crippen LogP contribution in [0.1, 0.15) is 23.0 Å². The van der Waals surface area contributed by atoms with Gasteiger partial charge in [-0.1, -0.05) is 12.6 Å². The number of alkyl halides is 3. The van der Waals surface area contributed by atoms with E-state index in [1.165, 1.54) is 55.7 Å². The zero-order valence-electron chi connectivity index (χ0n) is 18.7. The highest BCUT2D eigenvalue weighted by molar-refractivity contribution is 7.95. The summed E-state index contributed by atoms with van der Waals surface area (Å²) in [6.45, 7) is 4.78. The second-order valence-corrected chi connectivity index (χ2v) is 9.83. The number of hydrogen-bond donors (Lipinski definition) is 1. The first-order chi connectivity index (χ1) is 17.0. The lowest BCUT2D eigenvalue weighted by molar-refractivity contribution is -0.142. The Morgan fingerprint density at radius 2 is 1.83 bits per heavy atom. The minimum Gasteiger partial charge on any atom is -0.307 e. The number of carbonyl (C=O) groups is 1. The van der Waals surface area contributed by atoms with Gasteiger partial charge in [0.15, 0.2) is 0 Å². The van der Waals surface area contributed by atoms with E-state index in [9.17, 15) is 26.4 Å². The van der Waals surface area contributed by atoms with Gasteiger partial charge in [0.2, 0.25) is 9.84 Å². The molecule has 0 fully saturated rings. The van der Waals surface area contributed by atoms with Gasteiger partial charge in [-0.25, -0.2) is 18.1 Å². The van der Waals surface area contributed by atoms with Gasteiger partial charge >= 0.3 is 6.18 Å². The monoisotopic (exact) mass is 513 g/mol. The number of carbonyl (C=O) groups excluding carboxylic acids is 1. The lowest BCUT2D eigenvalue weighted by Crippen LogP contribution is -2.15. The van der Waals surface area contributed by atoms with Crippen molar-refractivity contribution in [1.29, 1.82) is 0 Å². The molecule has 4 aromatic rings. The third-order valence-electron chi connectivity index (χ3n) is 5.06. The van der Waals surface area contributed by atoms with E-state index in [0.29, 0.717) is 10.2 Å². The van der Waals surface area contributed by atoms with Crippen molar-refractivity contribution in [2.24, 2.45) is 0 Å². The van der Waals surface area contributed by atoms with Crippen molar-refractivity contribution in [1.82, 2.24) is 19.7 Å². The lowest BCUT2D eigenvalue weighted by Gasteiger charge is -2.11. The number of halogens is 3. The summed E-state index contributed by atoms with van der Waals surface area (Å²) >= 11 is 0. The Hall–Kier alpha value is -4.32. The molecule has 0 aliphatic carbocycles. The van der Waals surface area contributed by atoms with E-state index in [-0.39, 0.29) is 32.6 Å². The van der Waals surface area contributed by atoms with Crippen LogP contribution in [-0.4, -0.2) is 34.1 Å². The second kappa shape index (κ2) is 9.38. The molecule has 12 heteroatoms. The molecule has 36 heavy (non-hydrogen) atoms. The number of allylic oxidation sites excluding steroid dienone is 1. The van der Waals surface area contributed by atoms with Gasteiger partial charge in [0.05, 0.1) is 22.5 Å². The molecule has 3 heterocycles. The fourth-order valence-corrected chi connectivity index (χ4v) is 4.16. The third-order valence-corrected chi connectivity index (χ3v) is 6.85. The molecular weight excluding hydrogens is 495 g/mol. The number of sulfone groups is 1. The fraction of sp³-hybridized carbons (Fsp3) is 0.0833. The number of pyridine rings is 2. The standard InChI is InChI=1S/C24H18F3N5O3S/c1-15(2)36(34,35)19-7-3-5-16(11-19)23(33)30-22-9-8-18(14-29-22)32-21(24(25,26)27)12-20(31-32)17-6-4-10-28-13-17/h3-14H,1H2,2H3,(H,29,30,33). The van der Waals surface area contributed by atoms with Gasteiger partial charge in [0, 0.05) is 28.4 Å². The molecule has 0 saturated carbocycles. The quantitative estimate of drug-likeness (QED) is 0.393. The molecular formula is C24H18F3N5O3S. The highest BCUT2D eigenvalue weighted by Crippen LogP contribution is 2.34. The van der Waals surface area contributed by atoms with E-state index in [1.54, 1.807) is 12.1 Å². The van der Waals surface area contributed by atoms with E-state index >= 15 is 0 Å². The van der Waals surface area contributed by atoms with Crippen molar-refractivity contribution in [3.63, 3.8) is 0 Å². The highest BCUT2D eigenvalue weighted by Gasteiger charge is 2.36. The second-order valence-electron chi connectivity index (χ2n) is 7.66. The predicted octanol–water partition coefficient (Wildman–Crippen LogP) is 4.91. The summed E-state index contributed by atoms with van der Waals surface area (Å²) in [5.74, 6) is -0.604. The summed E-state index contributed by atoms with van der Waals surface area (Å²) < 4.78 is 66.3. The molecule has 4 rings (SSSR count). The van der Waals surface area contributed by atoms with Crippen LogP contribution in [0, 0.1) is 0 Å². The molecule has 0 spiro atoms. The summed E-state index contributed by atoms with van der Waals surface area (Å²) in [5.41, 5.74) is -0.442. The Morgan fingerprint density at radius 1 is 1.06 bits per heavy atom. The van der Waals surface area contributed by atoms with Crippen LogP contribution in [0.25, 0.3) is 16.9 Å². The van der Waals surface area contributed by atoms with E-state index in [2.05, 4.69) is 27.0 Å². The maximum absolute atomic E-state index is 13.7. The van der Waals surface area contributed by atoms with Gasteiger partial charge in [-0.3, -0.25) is 9.78 Å². The van der Waals surface area contributed by atoms with Gasteiger partial charge in [0.25, 0.3) is 5.91 Å². The maximum Gasteiger partial charge on any atom is 0.433 e. The van der Waals surface area contributed by atoms with E-state index in [0.717, 1.165) is 12.3 Å². The minimum absolute atomic E-state index is 0.0185. The van der Waals surface area contributed by atoms with Crippen LogP contribution in [0.3, 0.4) is 0 Å². The first kappa shape index (κ1) is 24.8. The molecule has 184 valence electrons. The Morgan fingerprint density at radius 3 is 2.44 bits per heavy atom. The molecule has 0 unspecified atom stereocenters. The first-order valence-corrected chi connectivity index (χ1v) is 11.8. The summed E-state index contributed by atoms with van der Waals surface area (Å²) in [7, 11) is -3.77. The van der Waals surface area contributed by atoms with Crippen LogP contribution in [0.4, 0.5) is 19.0 Å². The number of nitrogens with one attached hydrogen (secondary N) is 1. The number of aromatic nitrogens is 4. The molecule has 1 N–H and O–H groups in total. The van der Waals surface area contributed by atoms with Gasteiger partial charge in [-0.15, -0.1) is 0 Å². The summed E-state index contributed by atoms with van der Waals surface area (Å²) in [6.07, 6.45) is -0.652. The SMILES string of the molecule is C=C(C)S(=O)(=O)c1cccc(C(=O)Nc2ccc(-n3nc(-c4cccnc4)cc3C(F)(F)F)cn2)c1. The topological polar surface area (TPSA) is 107 Å². The molecule has 0 bridgehead atoms. The first-order valence-electron chi connectivity index (χ1n) is 10.3. The molecule has 1 aromatic carbocycles. The Labute approximate surface area is 204 Å². The number of anilines is 1. The van der Waals surface area contributed by atoms with E-state index in [4.69, 9.17) is 0 Å². The normalized spacial score (nSPS) is 11.8. The maximum atomic E-state index is 13.7. The third kappa shape index (κ3) is 5.03. The van der Waals surface area contributed by atoms with Crippen LogP contribution in [0.2, 0.25) is 0 Å². The highest BCUT2D eigenvalue weighted by atomic mass is 32.2. The predicted molar refractivity (Wildman–Crippen MR) is 126 cm³/mol. The molecule has 0 atom stereocenters. The average molecular weight is 514 g/mol. The number of hydrogen-bond acceptors (Lipinski definition) is 6. The Balaban J connectivity index is 1.60. The van der Waals surface area contributed by atoms with Gasteiger partial charge in [-0.05, 0) is 55.5 Å². The van der Waals surface area contributed by atoms with E-state index in [1.807, 2.05) is 0 Å². The molecule has 3 aromatic heterocycles. The lowest BCUT2D eigenvalue weighted by atomic mass is 10.2. The number of nitrogens with zero attached hydrogens (tertiary/aromatic N) is 4. The molecule has 0 aliphatic heterocycles. The van der Waals surface area contributed by atoms with Crippen molar-refractivity contribution < 1.29 is 26.4 Å². The largest absolute Gasteiger partial charge is 0.433 e. The van der Waals surface area contributed by atoms with Crippen LogP contribution in [-0.2, 0) is 16.0 Å². The average Bonchev–Trinajstić information content (AvgIpc) is 3.31. The number of amides is 1. The summed E-state index contributed by atoms with van der Waals surface area (Å²) in [4.78, 5) is 20.4. The van der Waals surface area contributed by atoms with Crippen molar-refractivity contribution >= 4 is 21.6 Å². The summed E-state index contributed by atoms with van der Waals surface area (Å²) in [6, 6.07) is 12.1. The minimum atomic E-state index is -4.69. The van der Waals surface area contributed by atoms with Gasteiger partial charge in [-0.2, -0.15) is 18.3 Å². The molecule has 8 nitrogen and oxygen atoms in total. The zero-order valence-corrected chi connectivity index (χ0v) is 19.5. The molecule has 0 aliphatic rings. The fourth-order valence-electron chi connectivity index (χ4n) is 3.21. The van der Waals surface area contributed by atoms with Gasteiger partial charge < -0.3 is 5.32 Å². The van der Waals surface area contributed by atoms with Gasteiger partial charge in [0.1, 0.15) is 11.5 Å².